The molecule has 0 aliphatic heterocycles. The molecule has 0 heterocycles. The first-order chi connectivity index (χ1) is 11.4. The summed E-state index contributed by atoms with van der Waals surface area (Å²) >= 11 is 0. The van der Waals surface area contributed by atoms with Gasteiger partial charge >= 0.3 is 5.97 Å². The van der Waals surface area contributed by atoms with Crippen LogP contribution in [0.15, 0.2) is 0 Å². The van der Waals surface area contributed by atoms with Crippen LogP contribution in [0.1, 0.15) is 79.6 Å². The molecule has 2 saturated carbocycles. The third-order valence-electron chi connectivity index (χ3n) is 7.89. The zero-order chi connectivity index (χ0) is 19.0. The highest BCUT2D eigenvalue weighted by Gasteiger charge is 2.54. The van der Waals surface area contributed by atoms with Gasteiger partial charge in [0, 0.05) is 12.5 Å². The van der Waals surface area contributed by atoms with Crippen LogP contribution >= 0.6 is 0 Å². The predicted molar refractivity (Wildman–Crippen MR) is 106 cm³/mol. The molecule has 3 nitrogen and oxygen atoms in total. The predicted octanol–water partition coefficient (Wildman–Crippen LogP) is 6.09. The van der Waals surface area contributed by atoms with Crippen LogP contribution in [0.4, 0.5) is 0 Å². The van der Waals surface area contributed by atoms with Crippen molar-refractivity contribution in [1.29, 1.82) is 0 Å². The van der Waals surface area contributed by atoms with Gasteiger partial charge in [-0.15, -0.1) is 0 Å². The van der Waals surface area contributed by atoms with Crippen molar-refractivity contribution in [2.45, 2.75) is 104 Å². The van der Waals surface area contributed by atoms with Gasteiger partial charge in [0.05, 0.1) is 0 Å². The third-order valence-corrected chi connectivity index (χ3v) is 12.4. The molecule has 0 aromatic carbocycles. The molecule has 0 amide bonds. The Bertz CT molecular complexity index is 482. The van der Waals surface area contributed by atoms with E-state index < -0.39 is 14.3 Å². The average Bonchev–Trinajstić information content (AvgIpc) is 2.81. The molecule has 1 N–H and O–H groups in total. The van der Waals surface area contributed by atoms with E-state index in [2.05, 4.69) is 47.7 Å². The van der Waals surface area contributed by atoms with Crippen LogP contribution in [0.25, 0.3) is 0 Å². The Morgan fingerprint density at radius 2 is 1.92 bits per heavy atom. The quantitative estimate of drug-likeness (QED) is 0.577. The fourth-order valence-electron chi connectivity index (χ4n) is 5.34. The lowest BCUT2D eigenvalue weighted by Crippen LogP contribution is -2.50. The second kappa shape index (κ2) is 7.34. The zero-order valence-electron chi connectivity index (χ0n) is 17.5. The number of fused-ring (bicyclic) bond motifs is 1. The number of aliphatic carboxylic acids is 1. The fraction of sp³-hybridized carbons (Fsp3) is 0.952. The summed E-state index contributed by atoms with van der Waals surface area (Å²) in [6.45, 7) is 16.5. The zero-order valence-corrected chi connectivity index (χ0v) is 18.5. The Morgan fingerprint density at radius 3 is 2.48 bits per heavy atom. The van der Waals surface area contributed by atoms with Gasteiger partial charge in [0.25, 0.3) is 0 Å². The van der Waals surface area contributed by atoms with Crippen molar-refractivity contribution >= 4 is 14.3 Å². The minimum Gasteiger partial charge on any atom is -0.481 e. The summed E-state index contributed by atoms with van der Waals surface area (Å²) in [6.07, 6.45) is 7.81. The van der Waals surface area contributed by atoms with Crippen molar-refractivity contribution in [2.24, 2.45) is 23.2 Å². The minimum atomic E-state index is -1.74. The van der Waals surface area contributed by atoms with E-state index in [0.717, 1.165) is 6.42 Å². The highest BCUT2D eigenvalue weighted by atomic mass is 28.4. The van der Waals surface area contributed by atoms with Crippen molar-refractivity contribution in [3.8, 4) is 0 Å². The maximum Gasteiger partial charge on any atom is 0.303 e. The van der Waals surface area contributed by atoms with Crippen LogP contribution in [0, 0.1) is 23.2 Å². The van der Waals surface area contributed by atoms with E-state index in [9.17, 15) is 4.79 Å². The van der Waals surface area contributed by atoms with Gasteiger partial charge in [0.2, 0.25) is 0 Å². The molecule has 2 aliphatic rings. The van der Waals surface area contributed by atoms with Crippen LogP contribution in [0.2, 0.25) is 18.1 Å². The molecule has 0 aromatic heterocycles. The lowest BCUT2D eigenvalue weighted by Gasteiger charge is -2.50. The SMILES string of the molecule is C[C@H](CCC(=O)O)[C@H]1CC[C@H]2[C@@H](O[Si](C)(C)C(C)(C)C)CCC[C@]12C. The number of carbonyl (C=O) groups is 1. The van der Waals surface area contributed by atoms with Gasteiger partial charge in [0.1, 0.15) is 0 Å². The highest BCUT2D eigenvalue weighted by Crippen LogP contribution is 2.59. The van der Waals surface area contributed by atoms with Gasteiger partial charge in [-0.2, -0.15) is 0 Å². The molecule has 0 spiro atoms. The second-order valence-electron chi connectivity index (χ2n) is 10.5. The molecule has 2 rings (SSSR count). The van der Waals surface area contributed by atoms with Gasteiger partial charge in [-0.1, -0.05) is 41.0 Å². The van der Waals surface area contributed by atoms with Crippen molar-refractivity contribution in [3.63, 3.8) is 0 Å². The van der Waals surface area contributed by atoms with Crippen LogP contribution < -0.4 is 0 Å². The Morgan fingerprint density at radius 1 is 1.28 bits per heavy atom. The summed E-state index contributed by atoms with van der Waals surface area (Å²) in [7, 11) is -1.74. The second-order valence-corrected chi connectivity index (χ2v) is 15.3. The number of hydrogen-bond acceptors (Lipinski definition) is 2. The Hall–Kier alpha value is -0.353. The van der Waals surface area contributed by atoms with Gasteiger partial charge < -0.3 is 9.53 Å². The first kappa shape index (κ1) is 21.0. The maximum atomic E-state index is 11.0. The summed E-state index contributed by atoms with van der Waals surface area (Å²) in [5.41, 5.74) is 0.337. The standard InChI is InChI=1S/C21H40O3Si/c1-15(10-13-19(22)23)16-11-12-17-18(9-8-14-21(16,17)5)24-25(6,7)20(2,3)4/h15-18H,8-14H2,1-7H3,(H,22,23)/t15-,16-,17+,18+,21-/m1/s1. The molecule has 0 aromatic rings. The molecule has 4 heteroatoms. The molecule has 5 atom stereocenters. The summed E-state index contributed by atoms with van der Waals surface area (Å²) in [5.74, 6) is 1.15. The molecular weight excluding hydrogens is 328 g/mol. The van der Waals surface area contributed by atoms with E-state index in [-0.39, 0.29) is 5.04 Å². The van der Waals surface area contributed by atoms with Crippen molar-refractivity contribution < 1.29 is 14.3 Å². The number of hydrogen-bond donors (Lipinski definition) is 1. The number of carboxylic acid groups (broad SMARTS) is 1. The van der Waals surface area contributed by atoms with Crippen molar-refractivity contribution in [1.82, 2.24) is 0 Å². The third kappa shape index (κ3) is 4.32. The van der Waals surface area contributed by atoms with E-state index >= 15 is 0 Å². The van der Waals surface area contributed by atoms with Gasteiger partial charge in [-0.25, -0.2) is 0 Å². The van der Waals surface area contributed by atoms with Crippen LogP contribution in [0.5, 0.6) is 0 Å². The molecule has 25 heavy (non-hydrogen) atoms. The summed E-state index contributed by atoms with van der Waals surface area (Å²) < 4.78 is 6.89. The fourth-order valence-corrected chi connectivity index (χ4v) is 6.74. The summed E-state index contributed by atoms with van der Waals surface area (Å²) in [5, 5.41) is 9.29. The molecule has 146 valence electrons. The summed E-state index contributed by atoms with van der Waals surface area (Å²) in [4.78, 5) is 11.0. The molecule has 2 fully saturated rings. The van der Waals surface area contributed by atoms with Crippen LogP contribution in [0.3, 0.4) is 0 Å². The average molecular weight is 369 g/mol. The minimum absolute atomic E-state index is 0.258. The molecular formula is C21H40O3Si. The molecule has 0 unspecified atom stereocenters. The molecule has 2 aliphatic carbocycles. The van der Waals surface area contributed by atoms with Crippen molar-refractivity contribution in [3.05, 3.63) is 0 Å². The Kier molecular flexibility index (Phi) is 6.15. The first-order valence-corrected chi connectivity index (χ1v) is 13.2. The highest BCUT2D eigenvalue weighted by molar-refractivity contribution is 6.74. The normalized spacial score (nSPS) is 34.6. The molecule has 0 bridgehead atoms. The lowest BCUT2D eigenvalue weighted by molar-refractivity contribution is -0.137. The van der Waals surface area contributed by atoms with Crippen molar-refractivity contribution in [2.75, 3.05) is 0 Å². The number of rotatable bonds is 6. The van der Waals surface area contributed by atoms with E-state index in [4.69, 9.17) is 9.53 Å². The van der Waals surface area contributed by atoms with E-state index in [1.54, 1.807) is 0 Å². The maximum absolute atomic E-state index is 11.0. The molecule has 0 saturated heterocycles. The lowest BCUT2D eigenvalue weighted by atomic mass is 9.61. The Balaban J connectivity index is 2.11. The topological polar surface area (TPSA) is 46.5 Å². The number of carboxylic acids is 1. The van der Waals surface area contributed by atoms with Gasteiger partial charge in [-0.3, -0.25) is 4.79 Å². The Labute approximate surface area is 156 Å². The monoisotopic (exact) mass is 368 g/mol. The first-order valence-electron chi connectivity index (χ1n) is 10.3. The van der Waals surface area contributed by atoms with E-state index in [1.807, 2.05) is 0 Å². The van der Waals surface area contributed by atoms with E-state index in [0.29, 0.717) is 35.7 Å². The van der Waals surface area contributed by atoms with Crippen LogP contribution in [-0.4, -0.2) is 25.5 Å². The molecule has 0 radical (unpaired) electrons. The summed E-state index contributed by atoms with van der Waals surface area (Å²) in [6, 6.07) is 0. The largest absolute Gasteiger partial charge is 0.481 e. The van der Waals surface area contributed by atoms with Gasteiger partial charge in [-0.05, 0) is 73.4 Å². The van der Waals surface area contributed by atoms with Crippen LogP contribution in [-0.2, 0) is 9.22 Å². The van der Waals surface area contributed by atoms with Gasteiger partial charge in [0.15, 0.2) is 8.32 Å². The smallest absolute Gasteiger partial charge is 0.303 e. The van der Waals surface area contributed by atoms with E-state index in [1.165, 1.54) is 32.1 Å².